The van der Waals surface area contributed by atoms with Crippen LogP contribution in [0.5, 0.6) is 0 Å². The van der Waals surface area contributed by atoms with Gasteiger partial charge < -0.3 is 14.4 Å². The number of benzene rings is 1. The Hall–Kier alpha value is -2.58. The standard InChI is InChI=1S/C56H87N3O4.CO2/c1-50(2)40(37-39-13-10-9-11-14-39)38-43(50)48(60)63-46-19-20-53(6)44(51(46,3)4)18-21-55(8)45(53)16-15-42-47-41(52(5)23-24-52)17-22-56(47,26-25-54(42,55)7)49(61)59-31-29-57(30-32-59)27-12-28-58-33-35-62-36-34-58;2-1-3/h9-11,13-14,40-47H,12,15-38H2,1-8H3;/t40-,41-,42-,43-,44+,45-,46+,47-,53+,54-,55-,56+;/m1./s1. The monoisotopic (exact) mass is 910 g/mol. The maximum atomic E-state index is 15.4. The predicted molar refractivity (Wildman–Crippen MR) is 257 cm³/mol. The van der Waals surface area contributed by atoms with Crippen LogP contribution < -0.4 is 0 Å². The molecular formula is C57H87N3O6. The van der Waals surface area contributed by atoms with E-state index >= 15 is 4.79 Å². The molecule has 9 fully saturated rings. The second-order valence-corrected chi connectivity index (χ2v) is 26.0. The Morgan fingerprint density at radius 3 is 2.00 bits per heavy atom. The van der Waals surface area contributed by atoms with Crippen LogP contribution in [0.2, 0.25) is 0 Å². The minimum Gasteiger partial charge on any atom is -0.462 e. The van der Waals surface area contributed by atoms with Gasteiger partial charge in [0.15, 0.2) is 0 Å². The molecular weight excluding hydrogens is 823 g/mol. The third-order valence-electron chi connectivity index (χ3n) is 22.8. The fourth-order valence-electron chi connectivity index (χ4n) is 18.2. The van der Waals surface area contributed by atoms with Gasteiger partial charge in [0, 0.05) is 44.7 Å². The van der Waals surface area contributed by atoms with E-state index in [0.717, 1.165) is 104 Å². The largest absolute Gasteiger partial charge is 0.462 e. The molecule has 7 saturated carbocycles. The first-order valence-corrected chi connectivity index (χ1v) is 26.9. The van der Waals surface area contributed by atoms with Gasteiger partial charge >= 0.3 is 12.1 Å². The van der Waals surface area contributed by atoms with Crippen LogP contribution in [0.25, 0.3) is 0 Å². The summed E-state index contributed by atoms with van der Waals surface area (Å²) in [6.45, 7) is 30.4. The number of amides is 1. The smallest absolute Gasteiger partial charge is 0.373 e. The molecule has 0 radical (unpaired) electrons. The Kier molecular flexibility index (Phi) is 13.2. The molecule has 1 amide bonds. The van der Waals surface area contributed by atoms with Crippen molar-refractivity contribution in [1.29, 1.82) is 0 Å². The molecule has 2 saturated heterocycles. The number of piperazine rings is 1. The molecule has 66 heavy (non-hydrogen) atoms. The first kappa shape index (κ1) is 48.4. The van der Waals surface area contributed by atoms with Crippen molar-refractivity contribution < 1.29 is 28.7 Å². The van der Waals surface area contributed by atoms with E-state index in [-0.39, 0.29) is 56.6 Å². The summed E-state index contributed by atoms with van der Waals surface area (Å²) in [5, 5.41) is 0. The van der Waals surface area contributed by atoms with Gasteiger partial charge in [-0.25, -0.2) is 0 Å². The van der Waals surface area contributed by atoms with Gasteiger partial charge in [0.1, 0.15) is 6.10 Å². The van der Waals surface area contributed by atoms with Crippen LogP contribution in [0.1, 0.15) is 151 Å². The first-order chi connectivity index (χ1) is 31.4. The zero-order chi connectivity index (χ0) is 46.9. The highest BCUT2D eigenvalue weighted by molar-refractivity contribution is 5.84. The summed E-state index contributed by atoms with van der Waals surface area (Å²) >= 11 is 0. The second kappa shape index (κ2) is 18.0. The summed E-state index contributed by atoms with van der Waals surface area (Å²) in [6, 6.07) is 10.8. The van der Waals surface area contributed by atoms with Gasteiger partial charge in [-0.3, -0.25) is 19.4 Å². The number of fused-ring (bicyclic) bond motifs is 7. The summed E-state index contributed by atoms with van der Waals surface area (Å²) in [5.41, 5.74) is 2.27. The summed E-state index contributed by atoms with van der Waals surface area (Å²) in [5.74, 6) is 4.19. The van der Waals surface area contributed by atoms with Gasteiger partial charge in [0.25, 0.3) is 0 Å². The summed E-state index contributed by atoms with van der Waals surface area (Å²) in [6.07, 6.45) is 18.1. The molecule has 9 heteroatoms. The normalized spacial score (nSPS) is 42.1. The number of carbonyl (C=O) groups is 2. The van der Waals surface area contributed by atoms with Crippen LogP contribution in [-0.4, -0.2) is 104 Å². The van der Waals surface area contributed by atoms with Gasteiger partial charge in [0.05, 0.1) is 24.5 Å². The van der Waals surface area contributed by atoms with Crippen molar-refractivity contribution in [3.63, 3.8) is 0 Å². The number of hydrogen-bond acceptors (Lipinski definition) is 8. The number of hydrogen-bond donors (Lipinski definition) is 0. The van der Waals surface area contributed by atoms with Crippen LogP contribution in [-0.2, 0) is 35.1 Å². The van der Waals surface area contributed by atoms with E-state index in [0.29, 0.717) is 46.8 Å². The number of carbonyl (C=O) groups excluding carboxylic acids is 4. The van der Waals surface area contributed by atoms with Crippen molar-refractivity contribution in [3.8, 4) is 0 Å². The quantitative estimate of drug-likeness (QED) is 0.214. The molecule has 0 spiro atoms. The lowest BCUT2D eigenvalue weighted by atomic mass is 9.32. The minimum absolute atomic E-state index is 0.0110. The summed E-state index contributed by atoms with van der Waals surface area (Å²) < 4.78 is 12.3. The van der Waals surface area contributed by atoms with Crippen molar-refractivity contribution in [2.75, 3.05) is 65.6 Å². The van der Waals surface area contributed by atoms with Gasteiger partial charge in [-0.2, -0.15) is 9.59 Å². The number of esters is 1. The van der Waals surface area contributed by atoms with Crippen molar-refractivity contribution in [1.82, 2.24) is 14.7 Å². The molecule has 0 aromatic heterocycles. The minimum atomic E-state index is -0.163. The van der Waals surface area contributed by atoms with Crippen molar-refractivity contribution in [2.45, 2.75) is 158 Å². The Bertz CT molecular complexity index is 1950. The van der Waals surface area contributed by atoms with E-state index in [9.17, 15) is 4.79 Å². The van der Waals surface area contributed by atoms with Crippen LogP contribution in [0.15, 0.2) is 30.3 Å². The van der Waals surface area contributed by atoms with Gasteiger partial charge in [-0.05, 0) is 178 Å². The number of rotatable bonds is 10. The van der Waals surface area contributed by atoms with Crippen molar-refractivity contribution in [3.05, 3.63) is 35.9 Å². The Morgan fingerprint density at radius 1 is 0.682 bits per heavy atom. The second-order valence-electron chi connectivity index (χ2n) is 26.0. The molecule has 10 rings (SSSR count). The van der Waals surface area contributed by atoms with E-state index in [1.165, 1.54) is 63.4 Å². The zero-order valence-electron chi connectivity index (χ0n) is 42.5. The van der Waals surface area contributed by atoms with Gasteiger partial charge in [0.2, 0.25) is 5.91 Å². The molecule has 1 aromatic carbocycles. The molecule has 9 nitrogen and oxygen atoms in total. The van der Waals surface area contributed by atoms with Crippen molar-refractivity contribution in [2.24, 2.45) is 79.3 Å². The zero-order valence-corrected chi connectivity index (χ0v) is 42.5. The third kappa shape index (κ3) is 8.00. The molecule has 0 N–H and O–H groups in total. The Labute approximate surface area is 398 Å². The topological polar surface area (TPSA) is 96.5 Å². The highest BCUT2D eigenvalue weighted by atomic mass is 16.5. The number of morpholine rings is 1. The van der Waals surface area contributed by atoms with E-state index in [1.807, 2.05) is 0 Å². The SMILES string of the molecule is CC1([C@@H]2CC[C@]3(C(=O)N4CCN(CCCN5CCOCC5)CC4)CC[C@]4(C)[C@H](CC[C@@H]5[C@@]6(C)CC[C@H](OC(=O)[C@H]7C[C@@H](Cc8ccccc8)C7(C)C)C(C)(C)[C@@H]6CC[C@]54C)[C@@H]23)CC1.O=C=O. The fourth-order valence-corrected chi connectivity index (χ4v) is 18.2. The first-order valence-electron chi connectivity index (χ1n) is 26.9. The summed E-state index contributed by atoms with van der Waals surface area (Å²) in [4.78, 5) is 53.3. The molecule has 9 aliphatic rings. The van der Waals surface area contributed by atoms with Crippen LogP contribution >= 0.6 is 0 Å². The van der Waals surface area contributed by atoms with E-state index in [4.69, 9.17) is 19.1 Å². The molecule has 7 aliphatic carbocycles. The Balaban J connectivity index is 0.00000178. The van der Waals surface area contributed by atoms with Crippen LogP contribution in [0.3, 0.4) is 0 Å². The lowest BCUT2D eigenvalue weighted by Gasteiger charge is -2.73. The molecule has 0 bridgehead atoms. The number of ether oxygens (including phenoxy) is 2. The van der Waals surface area contributed by atoms with E-state index in [1.54, 1.807) is 0 Å². The molecule has 2 aliphatic heterocycles. The van der Waals surface area contributed by atoms with Crippen molar-refractivity contribution >= 4 is 18.0 Å². The lowest BCUT2D eigenvalue weighted by molar-refractivity contribution is -0.253. The lowest BCUT2D eigenvalue weighted by Crippen LogP contribution is -2.68. The highest BCUT2D eigenvalue weighted by Crippen LogP contribution is 2.79. The third-order valence-corrected chi connectivity index (χ3v) is 22.8. The van der Waals surface area contributed by atoms with Gasteiger partial charge in [-0.1, -0.05) is 85.7 Å². The predicted octanol–water partition coefficient (Wildman–Crippen LogP) is 9.97. The molecule has 0 unspecified atom stereocenters. The van der Waals surface area contributed by atoms with E-state index < -0.39 is 0 Å². The van der Waals surface area contributed by atoms with Gasteiger partial charge in [-0.15, -0.1) is 0 Å². The molecule has 12 atom stereocenters. The maximum absolute atomic E-state index is 15.4. The van der Waals surface area contributed by atoms with Crippen LogP contribution in [0, 0.1) is 79.3 Å². The average Bonchev–Trinajstić information content (AvgIpc) is 3.91. The Morgan fingerprint density at radius 2 is 1.35 bits per heavy atom. The molecule has 1 aromatic rings. The van der Waals surface area contributed by atoms with Crippen LogP contribution in [0.4, 0.5) is 0 Å². The maximum Gasteiger partial charge on any atom is 0.373 e. The highest BCUT2D eigenvalue weighted by Gasteiger charge is 2.74. The van der Waals surface area contributed by atoms with E-state index in [2.05, 4.69) is 100 Å². The fraction of sp³-hybridized carbons (Fsp3) is 0.842. The average molecular weight is 910 g/mol. The summed E-state index contributed by atoms with van der Waals surface area (Å²) in [7, 11) is 0. The number of nitrogens with zero attached hydrogens (tertiary/aromatic N) is 3. The molecule has 2 heterocycles. The molecule has 366 valence electrons.